The zero-order valence-electron chi connectivity index (χ0n) is 14.2. The molecule has 1 aliphatic carbocycles. The second-order valence-corrected chi connectivity index (χ2v) is 6.97. The maximum Gasteiger partial charge on any atom is 0.151 e. The van der Waals surface area contributed by atoms with E-state index in [9.17, 15) is 0 Å². The second-order valence-electron chi connectivity index (χ2n) is 6.97. The van der Waals surface area contributed by atoms with Crippen LogP contribution in [-0.2, 0) is 0 Å². The molecule has 3 heterocycles. The van der Waals surface area contributed by atoms with Crippen molar-refractivity contribution in [1.29, 1.82) is 0 Å². The third kappa shape index (κ3) is 2.58. The van der Waals surface area contributed by atoms with Crippen LogP contribution >= 0.6 is 0 Å². The van der Waals surface area contributed by atoms with Crippen molar-refractivity contribution < 1.29 is 0 Å². The summed E-state index contributed by atoms with van der Waals surface area (Å²) in [6.45, 7) is 1.87. The number of hydrogen-bond donors (Lipinski definition) is 0. The Balaban J connectivity index is 1.30. The summed E-state index contributed by atoms with van der Waals surface area (Å²) in [7, 11) is 2.11. The highest BCUT2D eigenvalue weighted by atomic mass is 15.4. The van der Waals surface area contributed by atoms with Crippen molar-refractivity contribution in [3.05, 3.63) is 48.4 Å². The average Bonchev–Trinajstić information content (AvgIpc) is 3.45. The quantitative estimate of drug-likeness (QED) is 0.732. The van der Waals surface area contributed by atoms with Crippen LogP contribution in [0.2, 0.25) is 0 Å². The zero-order chi connectivity index (χ0) is 16.8. The van der Waals surface area contributed by atoms with Gasteiger partial charge in [0, 0.05) is 31.4 Å². The van der Waals surface area contributed by atoms with Crippen LogP contribution in [0.15, 0.2) is 42.7 Å². The van der Waals surface area contributed by atoms with Gasteiger partial charge in [0.25, 0.3) is 0 Å². The smallest absolute Gasteiger partial charge is 0.151 e. The molecule has 1 saturated heterocycles. The third-order valence-corrected chi connectivity index (χ3v) is 5.26. The van der Waals surface area contributed by atoms with Crippen molar-refractivity contribution in [1.82, 2.24) is 20.2 Å². The van der Waals surface area contributed by atoms with E-state index in [0.29, 0.717) is 12.0 Å². The minimum Gasteiger partial charge on any atom is -0.353 e. The van der Waals surface area contributed by atoms with E-state index in [-0.39, 0.29) is 0 Å². The molecule has 2 aliphatic rings. The van der Waals surface area contributed by atoms with E-state index in [1.165, 1.54) is 12.8 Å². The summed E-state index contributed by atoms with van der Waals surface area (Å²) >= 11 is 0. The highest BCUT2D eigenvalue weighted by Gasteiger charge is 2.33. The Morgan fingerprint density at radius 2 is 1.84 bits per heavy atom. The molecular formula is C19H20N6. The number of para-hydroxylation sites is 1. The van der Waals surface area contributed by atoms with E-state index >= 15 is 0 Å². The predicted molar refractivity (Wildman–Crippen MR) is 97.9 cm³/mol. The maximum atomic E-state index is 4.51. The minimum atomic E-state index is 0.420. The van der Waals surface area contributed by atoms with Gasteiger partial charge in [-0.2, -0.15) is 5.10 Å². The first-order chi connectivity index (χ1) is 12.3. The molecule has 3 aromatic rings. The number of nitrogens with zero attached hydrogens (tertiary/aromatic N) is 6. The highest BCUT2D eigenvalue weighted by Crippen LogP contribution is 2.39. The van der Waals surface area contributed by atoms with Gasteiger partial charge < -0.3 is 9.80 Å². The molecule has 126 valence electrons. The first-order valence-electron chi connectivity index (χ1n) is 8.81. The van der Waals surface area contributed by atoms with Gasteiger partial charge >= 0.3 is 0 Å². The molecule has 0 atom stereocenters. The van der Waals surface area contributed by atoms with Gasteiger partial charge in [0.2, 0.25) is 0 Å². The van der Waals surface area contributed by atoms with Crippen molar-refractivity contribution in [2.24, 2.45) is 0 Å². The van der Waals surface area contributed by atoms with E-state index in [1.807, 2.05) is 18.2 Å². The van der Waals surface area contributed by atoms with Gasteiger partial charge in [-0.15, -0.1) is 5.10 Å². The average molecular weight is 332 g/mol. The van der Waals surface area contributed by atoms with Gasteiger partial charge in [0.15, 0.2) is 5.82 Å². The fourth-order valence-electron chi connectivity index (χ4n) is 3.43. The number of rotatable bonds is 4. The SMILES string of the molecule is CN(c1ncnc2ccccc12)C1CN(c2ccc(C3CC3)nn2)C1. The largest absolute Gasteiger partial charge is 0.353 e. The van der Waals surface area contributed by atoms with E-state index in [0.717, 1.165) is 41.3 Å². The third-order valence-electron chi connectivity index (χ3n) is 5.26. The molecule has 0 radical (unpaired) electrons. The number of benzene rings is 1. The topological polar surface area (TPSA) is 58.0 Å². The number of hydrogen-bond acceptors (Lipinski definition) is 6. The molecular weight excluding hydrogens is 312 g/mol. The Kier molecular flexibility index (Phi) is 3.29. The van der Waals surface area contributed by atoms with Gasteiger partial charge in [-0.05, 0) is 37.1 Å². The molecule has 0 amide bonds. The van der Waals surface area contributed by atoms with Crippen LogP contribution in [0.25, 0.3) is 10.9 Å². The summed E-state index contributed by atoms with van der Waals surface area (Å²) in [5, 5.41) is 9.89. The molecule has 2 aromatic heterocycles. The molecule has 6 heteroatoms. The normalized spacial score (nSPS) is 17.6. The molecule has 2 fully saturated rings. The van der Waals surface area contributed by atoms with Crippen molar-refractivity contribution >= 4 is 22.5 Å². The Hall–Kier alpha value is -2.76. The van der Waals surface area contributed by atoms with Crippen molar-refractivity contribution in [3.8, 4) is 0 Å². The minimum absolute atomic E-state index is 0.420. The van der Waals surface area contributed by atoms with E-state index in [4.69, 9.17) is 0 Å². The summed E-state index contributed by atoms with van der Waals surface area (Å²) in [6.07, 6.45) is 4.17. The van der Waals surface area contributed by atoms with Crippen LogP contribution in [0.4, 0.5) is 11.6 Å². The van der Waals surface area contributed by atoms with Crippen LogP contribution in [0, 0.1) is 0 Å². The van der Waals surface area contributed by atoms with Crippen LogP contribution in [0.3, 0.4) is 0 Å². The Labute approximate surface area is 146 Å². The molecule has 0 N–H and O–H groups in total. The van der Waals surface area contributed by atoms with Gasteiger partial charge in [0.05, 0.1) is 17.3 Å². The van der Waals surface area contributed by atoms with Crippen molar-refractivity contribution in [3.63, 3.8) is 0 Å². The Morgan fingerprint density at radius 3 is 2.60 bits per heavy atom. The van der Waals surface area contributed by atoms with Crippen LogP contribution in [-0.4, -0.2) is 46.3 Å². The molecule has 0 bridgehead atoms. The fourth-order valence-corrected chi connectivity index (χ4v) is 3.43. The lowest BCUT2D eigenvalue weighted by molar-refractivity contribution is 0.488. The molecule has 0 spiro atoms. The zero-order valence-corrected chi connectivity index (χ0v) is 14.2. The summed E-state index contributed by atoms with van der Waals surface area (Å²) < 4.78 is 0. The standard InChI is InChI=1S/C19H20N6/c1-24(19-15-4-2-3-5-17(15)20-12-21-19)14-10-25(11-14)18-9-8-16(22-23-18)13-6-7-13/h2-5,8-9,12-14H,6-7,10-11H2,1H3. The number of fused-ring (bicyclic) bond motifs is 1. The van der Waals surface area contributed by atoms with E-state index < -0.39 is 0 Å². The molecule has 1 aliphatic heterocycles. The first kappa shape index (κ1) is 14.6. The Morgan fingerprint density at radius 1 is 1.00 bits per heavy atom. The van der Waals surface area contributed by atoms with E-state index in [2.05, 4.69) is 55.2 Å². The van der Waals surface area contributed by atoms with Gasteiger partial charge in [-0.1, -0.05) is 12.1 Å². The lowest BCUT2D eigenvalue weighted by Gasteiger charge is -2.45. The van der Waals surface area contributed by atoms with E-state index in [1.54, 1.807) is 6.33 Å². The summed E-state index contributed by atoms with van der Waals surface area (Å²) in [5.74, 6) is 2.62. The van der Waals surface area contributed by atoms with Crippen LogP contribution in [0.5, 0.6) is 0 Å². The molecule has 1 saturated carbocycles. The summed E-state index contributed by atoms with van der Waals surface area (Å²) in [4.78, 5) is 13.4. The molecule has 1 aromatic carbocycles. The lowest BCUT2D eigenvalue weighted by atomic mass is 10.1. The Bertz CT molecular complexity index is 894. The number of likely N-dealkylation sites (N-methyl/N-ethyl adjacent to an activating group) is 1. The van der Waals surface area contributed by atoms with Gasteiger partial charge in [0.1, 0.15) is 12.1 Å². The van der Waals surface area contributed by atoms with Crippen LogP contribution < -0.4 is 9.80 Å². The predicted octanol–water partition coefficient (Wildman–Crippen LogP) is 2.62. The highest BCUT2D eigenvalue weighted by molar-refractivity contribution is 5.89. The molecule has 6 nitrogen and oxygen atoms in total. The molecule has 0 unspecified atom stereocenters. The monoisotopic (exact) mass is 332 g/mol. The summed E-state index contributed by atoms with van der Waals surface area (Å²) in [5.41, 5.74) is 2.13. The van der Waals surface area contributed by atoms with Gasteiger partial charge in [-0.25, -0.2) is 9.97 Å². The van der Waals surface area contributed by atoms with Crippen molar-refractivity contribution in [2.45, 2.75) is 24.8 Å². The van der Waals surface area contributed by atoms with Gasteiger partial charge in [-0.3, -0.25) is 0 Å². The van der Waals surface area contributed by atoms with Crippen molar-refractivity contribution in [2.75, 3.05) is 29.9 Å². The molecule has 25 heavy (non-hydrogen) atoms. The first-order valence-corrected chi connectivity index (χ1v) is 8.81. The van der Waals surface area contributed by atoms with Crippen LogP contribution in [0.1, 0.15) is 24.5 Å². The maximum absolute atomic E-state index is 4.51. The number of anilines is 2. The second kappa shape index (κ2) is 5.65. The lowest BCUT2D eigenvalue weighted by Crippen LogP contribution is -2.59. The fraction of sp³-hybridized carbons (Fsp3) is 0.368. The summed E-state index contributed by atoms with van der Waals surface area (Å²) in [6, 6.07) is 12.8. The number of aromatic nitrogens is 4. The molecule has 5 rings (SSSR count).